The lowest BCUT2D eigenvalue weighted by Crippen LogP contribution is -2.48. The Labute approximate surface area is 128 Å². The van der Waals surface area contributed by atoms with Gasteiger partial charge in [0, 0.05) is 38.1 Å². The van der Waals surface area contributed by atoms with Crippen LogP contribution >= 0.6 is 11.3 Å². The summed E-state index contributed by atoms with van der Waals surface area (Å²) in [6.45, 7) is 3.56. The predicted octanol–water partition coefficient (Wildman–Crippen LogP) is 1.16. The maximum atomic E-state index is 12.5. The highest BCUT2D eigenvalue weighted by Gasteiger charge is 2.32. The van der Waals surface area contributed by atoms with Crippen molar-refractivity contribution in [3.8, 4) is 0 Å². The van der Waals surface area contributed by atoms with Crippen LogP contribution in [0.25, 0.3) is 0 Å². The quantitative estimate of drug-likeness (QED) is 0.877. The van der Waals surface area contributed by atoms with Gasteiger partial charge in [-0.2, -0.15) is 4.31 Å². The minimum absolute atomic E-state index is 0.0333. The van der Waals surface area contributed by atoms with E-state index in [4.69, 9.17) is 5.11 Å². The molecule has 116 valence electrons. The molecule has 0 bridgehead atoms. The molecule has 0 radical (unpaired) electrons. The van der Waals surface area contributed by atoms with E-state index >= 15 is 0 Å². The van der Waals surface area contributed by atoms with Gasteiger partial charge in [-0.1, -0.05) is 0 Å². The van der Waals surface area contributed by atoms with E-state index in [9.17, 15) is 13.2 Å². The standard InChI is InChI=1S/C13H18N2O4S2/c16-13(17)11-7-12(20-9-11)21(18,19)15-5-3-14(4-6-15)8-10-1-2-10/h7,9-10H,1-6,8H2,(H,16,17). The first-order valence-electron chi connectivity index (χ1n) is 7.01. The molecular weight excluding hydrogens is 312 g/mol. The smallest absolute Gasteiger partial charge is 0.336 e. The Morgan fingerprint density at radius 2 is 1.95 bits per heavy atom. The van der Waals surface area contributed by atoms with Crippen molar-refractivity contribution in [3.05, 3.63) is 17.0 Å². The van der Waals surface area contributed by atoms with Crippen LogP contribution in [0.2, 0.25) is 0 Å². The fourth-order valence-corrected chi connectivity index (χ4v) is 5.24. The van der Waals surface area contributed by atoms with Gasteiger partial charge in [0.15, 0.2) is 0 Å². The van der Waals surface area contributed by atoms with Crippen molar-refractivity contribution in [3.63, 3.8) is 0 Å². The van der Waals surface area contributed by atoms with Gasteiger partial charge in [0.2, 0.25) is 0 Å². The molecule has 0 amide bonds. The van der Waals surface area contributed by atoms with E-state index in [1.165, 1.54) is 28.6 Å². The molecule has 1 aliphatic heterocycles. The van der Waals surface area contributed by atoms with E-state index in [1.807, 2.05) is 0 Å². The Bertz CT molecular complexity index is 628. The number of carboxylic acids is 1. The highest BCUT2D eigenvalue weighted by Crippen LogP contribution is 2.30. The summed E-state index contributed by atoms with van der Waals surface area (Å²) >= 11 is 0.976. The maximum absolute atomic E-state index is 12.5. The highest BCUT2D eigenvalue weighted by atomic mass is 32.2. The molecule has 2 heterocycles. The van der Waals surface area contributed by atoms with Crippen molar-refractivity contribution >= 4 is 27.3 Å². The van der Waals surface area contributed by atoms with Gasteiger partial charge < -0.3 is 10.0 Å². The molecular formula is C13H18N2O4S2. The van der Waals surface area contributed by atoms with Crippen molar-refractivity contribution in [2.75, 3.05) is 32.7 Å². The van der Waals surface area contributed by atoms with Gasteiger partial charge in [-0.15, -0.1) is 11.3 Å². The SMILES string of the molecule is O=C(O)c1csc(S(=O)(=O)N2CCN(CC3CC3)CC2)c1. The van der Waals surface area contributed by atoms with Crippen molar-refractivity contribution in [2.45, 2.75) is 17.1 Å². The zero-order valence-corrected chi connectivity index (χ0v) is 13.2. The van der Waals surface area contributed by atoms with E-state index in [0.717, 1.165) is 36.9 Å². The molecule has 1 aromatic rings. The Balaban J connectivity index is 1.66. The van der Waals surface area contributed by atoms with Crippen LogP contribution in [0.15, 0.2) is 15.7 Å². The minimum Gasteiger partial charge on any atom is -0.478 e. The zero-order chi connectivity index (χ0) is 15.0. The number of carboxylic acid groups (broad SMARTS) is 1. The lowest BCUT2D eigenvalue weighted by molar-refractivity contribution is 0.0697. The number of aromatic carboxylic acids is 1. The monoisotopic (exact) mass is 330 g/mol. The van der Waals surface area contributed by atoms with Crippen LogP contribution in [0, 0.1) is 5.92 Å². The minimum atomic E-state index is -3.55. The first kappa shape index (κ1) is 15.0. The van der Waals surface area contributed by atoms with Crippen LogP contribution in [0.4, 0.5) is 0 Å². The average Bonchev–Trinajstić information content (AvgIpc) is 3.10. The van der Waals surface area contributed by atoms with Gasteiger partial charge in [0.05, 0.1) is 5.56 Å². The van der Waals surface area contributed by atoms with Gasteiger partial charge in [0.1, 0.15) is 4.21 Å². The van der Waals surface area contributed by atoms with Gasteiger partial charge in [0.25, 0.3) is 10.0 Å². The van der Waals surface area contributed by atoms with Crippen LogP contribution in [0.1, 0.15) is 23.2 Å². The average molecular weight is 330 g/mol. The van der Waals surface area contributed by atoms with Crippen molar-refractivity contribution in [1.82, 2.24) is 9.21 Å². The molecule has 1 N–H and O–H groups in total. The van der Waals surface area contributed by atoms with Crippen LogP contribution in [0.5, 0.6) is 0 Å². The number of hydrogen-bond acceptors (Lipinski definition) is 5. The summed E-state index contributed by atoms with van der Waals surface area (Å²) in [4.78, 5) is 13.2. The second-order valence-corrected chi connectivity index (χ2v) is 8.68. The molecule has 0 atom stereocenters. The van der Waals surface area contributed by atoms with Crippen LogP contribution in [0.3, 0.4) is 0 Å². The van der Waals surface area contributed by atoms with Gasteiger partial charge in [-0.3, -0.25) is 0 Å². The van der Waals surface area contributed by atoms with Gasteiger partial charge in [-0.25, -0.2) is 13.2 Å². The third-order valence-corrected chi connectivity index (χ3v) is 7.27. The highest BCUT2D eigenvalue weighted by molar-refractivity contribution is 7.91. The Morgan fingerprint density at radius 1 is 1.29 bits per heavy atom. The summed E-state index contributed by atoms with van der Waals surface area (Å²) in [7, 11) is -3.55. The largest absolute Gasteiger partial charge is 0.478 e. The van der Waals surface area contributed by atoms with E-state index in [-0.39, 0.29) is 9.77 Å². The zero-order valence-electron chi connectivity index (χ0n) is 11.6. The molecule has 6 nitrogen and oxygen atoms in total. The molecule has 0 aromatic carbocycles. The summed E-state index contributed by atoms with van der Waals surface area (Å²) in [6, 6.07) is 1.25. The maximum Gasteiger partial charge on any atom is 0.336 e. The molecule has 1 aliphatic carbocycles. The fourth-order valence-electron chi connectivity index (χ4n) is 2.51. The van der Waals surface area contributed by atoms with E-state index in [2.05, 4.69) is 4.90 Å². The number of piperazine rings is 1. The Kier molecular flexibility index (Phi) is 4.04. The molecule has 1 saturated carbocycles. The van der Waals surface area contributed by atoms with Gasteiger partial charge >= 0.3 is 5.97 Å². The second-order valence-electron chi connectivity index (χ2n) is 5.61. The topological polar surface area (TPSA) is 77.9 Å². The van der Waals surface area contributed by atoms with Crippen LogP contribution < -0.4 is 0 Å². The van der Waals surface area contributed by atoms with Gasteiger partial charge in [-0.05, 0) is 24.8 Å². The lowest BCUT2D eigenvalue weighted by atomic mass is 10.3. The third-order valence-electron chi connectivity index (χ3n) is 3.96. The number of carbonyl (C=O) groups is 1. The first-order chi connectivity index (χ1) is 9.96. The molecule has 0 spiro atoms. The third kappa shape index (κ3) is 3.28. The summed E-state index contributed by atoms with van der Waals surface area (Å²) < 4.78 is 26.6. The Hall–Kier alpha value is -0.960. The second kappa shape index (κ2) is 5.68. The van der Waals surface area contributed by atoms with Crippen molar-refractivity contribution in [2.24, 2.45) is 5.92 Å². The lowest BCUT2D eigenvalue weighted by Gasteiger charge is -2.33. The molecule has 1 aromatic heterocycles. The summed E-state index contributed by atoms with van der Waals surface area (Å²) in [5, 5.41) is 10.3. The summed E-state index contributed by atoms with van der Waals surface area (Å²) in [6.07, 6.45) is 2.59. The summed E-state index contributed by atoms with van der Waals surface area (Å²) in [5.74, 6) is -0.287. The predicted molar refractivity (Wildman–Crippen MR) is 79.2 cm³/mol. The number of rotatable bonds is 5. The molecule has 3 rings (SSSR count). The molecule has 1 saturated heterocycles. The fraction of sp³-hybridized carbons (Fsp3) is 0.615. The van der Waals surface area contributed by atoms with Crippen LogP contribution in [-0.2, 0) is 10.0 Å². The molecule has 0 unspecified atom stereocenters. The van der Waals surface area contributed by atoms with Crippen molar-refractivity contribution < 1.29 is 18.3 Å². The molecule has 2 fully saturated rings. The molecule has 2 aliphatic rings. The van der Waals surface area contributed by atoms with E-state index < -0.39 is 16.0 Å². The summed E-state index contributed by atoms with van der Waals surface area (Å²) in [5.41, 5.74) is 0.0333. The van der Waals surface area contributed by atoms with Crippen molar-refractivity contribution in [1.29, 1.82) is 0 Å². The number of sulfonamides is 1. The number of hydrogen-bond donors (Lipinski definition) is 1. The number of nitrogens with zero attached hydrogens (tertiary/aromatic N) is 2. The van der Waals surface area contributed by atoms with E-state index in [0.29, 0.717) is 13.1 Å². The molecule has 21 heavy (non-hydrogen) atoms. The first-order valence-corrected chi connectivity index (χ1v) is 9.33. The molecule has 8 heteroatoms. The Morgan fingerprint density at radius 3 is 2.48 bits per heavy atom. The number of thiophene rings is 1. The van der Waals surface area contributed by atoms with Crippen LogP contribution in [-0.4, -0.2) is 61.4 Å². The van der Waals surface area contributed by atoms with E-state index in [1.54, 1.807) is 0 Å². The normalized spacial score (nSPS) is 21.5.